The standard InChI is InChI=1S/C33H30N4/c1-5-12-24(6-2)29-21-30(25-13-8-7-9-14-25)36-33(35-29)26-17-19-27(20-18-26)37-23(4)22(3)32(34)28-15-10-11-16-31(28)37/h5-21,34H,1-4H3/b12-5-,24-6+,34-32?. The molecule has 4 nitrogen and oxygen atoms in total. The van der Waals surface area contributed by atoms with Crippen molar-refractivity contribution in [3.63, 3.8) is 0 Å². The fourth-order valence-electron chi connectivity index (χ4n) is 4.69. The highest BCUT2D eigenvalue weighted by Crippen LogP contribution is 2.28. The topological polar surface area (TPSA) is 54.6 Å². The summed E-state index contributed by atoms with van der Waals surface area (Å²) in [6, 6.07) is 28.8. The summed E-state index contributed by atoms with van der Waals surface area (Å²) < 4.78 is 2.23. The van der Waals surface area contributed by atoms with E-state index in [4.69, 9.17) is 15.4 Å². The molecule has 0 aliphatic carbocycles. The van der Waals surface area contributed by atoms with Gasteiger partial charge in [-0.15, -0.1) is 0 Å². The largest absolute Gasteiger partial charge is 0.313 e. The van der Waals surface area contributed by atoms with Gasteiger partial charge in [-0.05, 0) is 75.2 Å². The molecule has 0 saturated carbocycles. The molecule has 2 heterocycles. The van der Waals surface area contributed by atoms with Crippen molar-refractivity contribution in [2.45, 2.75) is 27.7 Å². The number of para-hydroxylation sites is 1. The van der Waals surface area contributed by atoms with Gasteiger partial charge in [-0.1, -0.05) is 66.8 Å². The average Bonchev–Trinajstić information content (AvgIpc) is 2.95. The first-order chi connectivity index (χ1) is 18.0. The molecule has 3 aromatic carbocycles. The maximum absolute atomic E-state index is 8.59. The first-order valence-electron chi connectivity index (χ1n) is 12.5. The minimum Gasteiger partial charge on any atom is -0.313 e. The summed E-state index contributed by atoms with van der Waals surface area (Å²) in [7, 11) is 0. The van der Waals surface area contributed by atoms with Gasteiger partial charge in [0.05, 0.1) is 22.3 Å². The van der Waals surface area contributed by atoms with Crippen LogP contribution in [0.15, 0.2) is 103 Å². The summed E-state index contributed by atoms with van der Waals surface area (Å²) in [5.41, 5.74) is 8.97. The zero-order valence-corrected chi connectivity index (χ0v) is 21.7. The van der Waals surface area contributed by atoms with Gasteiger partial charge in [-0.3, -0.25) is 5.41 Å². The van der Waals surface area contributed by atoms with Crippen molar-refractivity contribution < 1.29 is 0 Å². The fourth-order valence-corrected chi connectivity index (χ4v) is 4.69. The Morgan fingerprint density at radius 2 is 1.51 bits per heavy atom. The van der Waals surface area contributed by atoms with Gasteiger partial charge in [0.2, 0.25) is 0 Å². The monoisotopic (exact) mass is 482 g/mol. The van der Waals surface area contributed by atoms with Crippen molar-refractivity contribution in [2.24, 2.45) is 0 Å². The fraction of sp³-hybridized carbons (Fsp3) is 0.121. The first-order valence-corrected chi connectivity index (χ1v) is 12.5. The van der Waals surface area contributed by atoms with Gasteiger partial charge in [-0.2, -0.15) is 0 Å². The molecule has 37 heavy (non-hydrogen) atoms. The summed E-state index contributed by atoms with van der Waals surface area (Å²) in [6.07, 6.45) is 6.18. The predicted octanol–water partition coefficient (Wildman–Crippen LogP) is 7.83. The zero-order valence-electron chi connectivity index (χ0n) is 21.7. The van der Waals surface area contributed by atoms with E-state index in [9.17, 15) is 0 Å². The van der Waals surface area contributed by atoms with Crippen LogP contribution in [0.3, 0.4) is 0 Å². The SMILES string of the molecule is C/C=C\C(=C/C)c1cc(-c2ccccc2)nc(-c2ccc(-n3c(C)c(C)c(=N)c4ccccc43)cc2)n1. The Labute approximate surface area is 217 Å². The number of allylic oxidation sites excluding steroid dienone is 4. The van der Waals surface area contributed by atoms with Gasteiger partial charge in [0, 0.05) is 27.9 Å². The maximum atomic E-state index is 8.59. The highest BCUT2D eigenvalue weighted by molar-refractivity contribution is 5.82. The Balaban J connectivity index is 1.65. The molecule has 0 spiro atoms. The van der Waals surface area contributed by atoms with Crippen LogP contribution in [0.1, 0.15) is 30.8 Å². The minimum atomic E-state index is 0.584. The molecule has 182 valence electrons. The van der Waals surface area contributed by atoms with E-state index in [0.29, 0.717) is 11.2 Å². The van der Waals surface area contributed by atoms with Crippen LogP contribution in [0, 0.1) is 19.3 Å². The van der Waals surface area contributed by atoms with Crippen molar-refractivity contribution in [1.82, 2.24) is 14.5 Å². The molecule has 4 heteroatoms. The number of fused-ring (bicyclic) bond motifs is 1. The van der Waals surface area contributed by atoms with Gasteiger partial charge < -0.3 is 4.57 Å². The molecule has 0 unspecified atom stereocenters. The number of hydrogen-bond donors (Lipinski definition) is 1. The van der Waals surface area contributed by atoms with Crippen LogP contribution in [0.5, 0.6) is 0 Å². The van der Waals surface area contributed by atoms with Gasteiger partial charge in [-0.25, -0.2) is 9.97 Å². The number of hydrogen-bond acceptors (Lipinski definition) is 3. The summed E-state index contributed by atoms with van der Waals surface area (Å²) in [5.74, 6) is 0.691. The van der Waals surface area contributed by atoms with E-state index < -0.39 is 0 Å². The average molecular weight is 483 g/mol. The van der Waals surface area contributed by atoms with Crippen LogP contribution in [0.2, 0.25) is 0 Å². The van der Waals surface area contributed by atoms with Crippen LogP contribution in [0.25, 0.3) is 44.8 Å². The molecule has 0 aliphatic rings. The number of pyridine rings is 1. The van der Waals surface area contributed by atoms with E-state index in [1.54, 1.807) is 0 Å². The van der Waals surface area contributed by atoms with E-state index in [2.05, 4.69) is 72.2 Å². The normalized spacial score (nSPS) is 11.9. The van der Waals surface area contributed by atoms with E-state index >= 15 is 0 Å². The van der Waals surface area contributed by atoms with Gasteiger partial charge in [0.15, 0.2) is 5.82 Å². The van der Waals surface area contributed by atoms with Gasteiger partial charge >= 0.3 is 0 Å². The van der Waals surface area contributed by atoms with E-state index in [-0.39, 0.29) is 0 Å². The molecule has 0 saturated heterocycles. The lowest BCUT2D eigenvalue weighted by Crippen LogP contribution is -2.15. The molecular formula is C33H30N4. The highest BCUT2D eigenvalue weighted by atomic mass is 15.0. The molecule has 5 rings (SSSR count). The second-order valence-corrected chi connectivity index (χ2v) is 9.06. The van der Waals surface area contributed by atoms with Crippen LogP contribution < -0.4 is 5.36 Å². The second-order valence-electron chi connectivity index (χ2n) is 9.06. The Morgan fingerprint density at radius 3 is 2.22 bits per heavy atom. The Morgan fingerprint density at radius 1 is 0.811 bits per heavy atom. The van der Waals surface area contributed by atoms with E-state index in [1.165, 1.54) is 0 Å². The number of benzene rings is 3. The van der Waals surface area contributed by atoms with Crippen molar-refractivity contribution in [3.8, 4) is 28.3 Å². The first kappa shape index (κ1) is 24.1. The maximum Gasteiger partial charge on any atom is 0.160 e. The lowest BCUT2D eigenvalue weighted by molar-refractivity contribution is 0.987. The van der Waals surface area contributed by atoms with Crippen LogP contribution in [-0.4, -0.2) is 14.5 Å². The number of nitrogens with one attached hydrogen (secondary N) is 1. The third-order valence-corrected chi connectivity index (χ3v) is 6.80. The van der Waals surface area contributed by atoms with Crippen molar-refractivity contribution in [2.75, 3.05) is 0 Å². The summed E-state index contributed by atoms with van der Waals surface area (Å²) in [6.45, 7) is 8.14. The quantitative estimate of drug-likeness (QED) is 0.260. The van der Waals surface area contributed by atoms with Crippen LogP contribution in [-0.2, 0) is 0 Å². The molecule has 5 aromatic rings. The molecule has 0 radical (unpaired) electrons. The van der Waals surface area contributed by atoms with Crippen molar-refractivity contribution in [3.05, 3.63) is 125 Å². The van der Waals surface area contributed by atoms with Crippen LogP contribution >= 0.6 is 0 Å². The number of rotatable bonds is 5. The minimum absolute atomic E-state index is 0.584. The number of aromatic nitrogens is 3. The summed E-state index contributed by atoms with van der Waals surface area (Å²) in [5, 5.41) is 10.1. The Kier molecular flexibility index (Phi) is 6.65. The molecule has 0 aliphatic heterocycles. The summed E-state index contributed by atoms with van der Waals surface area (Å²) >= 11 is 0. The predicted molar refractivity (Wildman–Crippen MR) is 154 cm³/mol. The Hall–Kier alpha value is -4.57. The van der Waals surface area contributed by atoms with Gasteiger partial charge in [0.25, 0.3) is 0 Å². The molecule has 1 N–H and O–H groups in total. The third kappa shape index (κ3) is 4.54. The third-order valence-electron chi connectivity index (χ3n) is 6.80. The summed E-state index contributed by atoms with van der Waals surface area (Å²) in [4.78, 5) is 9.90. The second kappa shape index (κ2) is 10.2. The molecule has 0 amide bonds. The lowest BCUT2D eigenvalue weighted by Gasteiger charge is -2.18. The zero-order chi connectivity index (χ0) is 25.9. The van der Waals surface area contributed by atoms with E-state index in [0.717, 1.165) is 55.9 Å². The van der Waals surface area contributed by atoms with Gasteiger partial charge in [0.1, 0.15) is 0 Å². The molecule has 0 atom stereocenters. The lowest BCUT2D eigenvalue weighted by atomic mass is 10.1. The Bertz CT molecular complexity index is 1710. The number of nitrogens with zero attached hydrogens (tertiary/aromatic N) is 3. The molecule has 0 bridgehead atoms. The molecule has 2 aromatic heterocycles. The highest BCUT2D eigenvalue weighted by Gasteiger charge is 2.13. The smallest absolute Gasteiger partial charge is 0.160 e. The van der Waals surface area contributed by atoms with Crippen molar-refractivity contribution in [1.29, 1.82) is 5.41 Å². The molecular weight excluding hydrogens is 452 g/mol. The molecule has 0 fully saturated rings. The van der Waals surface area contributed by atoms with E-state index in [1.807, 2.05) is 63.2 Å². The van der Waals surface area contributed by atoms with Crippen LogP contribution in [0.4, 0.5) is 0 Å². The van der Waals surface area contributed by atoms with Crippen molar-refractivity contribution >= 4 is 16.5 Å².